The van der Waals surface area contributed by atoms with Crippen molar-refractivity contribution in [2.75, 3.05) is 31.9 Å². The molecular weight excluding hydrogens is 360 g/mol. The van der Waals surface area contributed by atoms with E-state index in [1.165, 1.54) is 12.1 Å². The van der Waals surface area contributed by atoms with E-state index >= 15 is 0 Å². The van der Waals surface area contributed by atoms with E-state index in [-0.39, 0.29) is 24.4 Å². The topological polar surface area (TPSA) is 72.1 Å². The highest BCUT2D eigenvalue weighted by molar-refractivity contribution is 5.93. The predicted molar refractivity (Wildman–Crippen MR) is 94.0 cm³/mol. The number of hydrogen-bond donors (Lipinski definition) is 2. The van der Waals surface area contributed by atoms with E-state index in [9.17, 15) is 13.6 Å². The fourth-order valence-electron chi connectivity index (χ4n) is 3.02. The molecule has 0 bridgehead atoms. The molecule has 2 N–H and O–H groups in total. The Morgan fingerprint density at radius 2 is 2.00 bits per heavy atom. The second-order valence-corrected chi connectivity index (χ2v) is 6.33. The van der Waals surface area contributed by atoms with Crippen LogP contribution in [0.2, 0.25) is 0 Å². The maximum atomic E-state index is 12.3. The Morgan fingerprint density at radius 3 is 2.63 bits per heavy atom. The molecule has 0 aromatic heterocycles. The van der Waals surface area contributed by atoms with Crippen LogP contribution in [0.1, 0.15) is 19.3 Å². The van der Waals surface area contributed by atoms with Crippen LogP contribution in [0, 0.1) is 0 Å². The lowest BCUT2D eigenvalue weighted by Crippen LogP contribution is -2.45. The molecule has 1 aromatic carbocycles. The van der Waals surface area contributed by atoms with E-state index in [0.29, 0.717) is 31.8 Å². The van der Waals surface area contributed by atoms with Crippen molar-refractivity contribution in [3.05, 3.63) is 36.1 Å². The normalized spacial score (nSPS) is 17.6. The first-order chi connectivity index (χ1) is 13.1. The number of anilines is 1. The third-order valence-electron chi connectivity index (χ3n) is 4.49. The molecule has 0 radical (unpaired) electrons. The van der Waals surface area contributed by atoms with Gasteiger partial charge in [0.15, 0.2) is 0 Å². The molecule has 7 nitrogen and oxygen atoms in total. The van der Waals surface area contributed by atoms with Crippen molar-refractivity contribution in [2.24, 2.45) is 0 Å². The van der Waals surface area contributed by atoms with Gasteiger partial charge in [-0.25, -0.2) is 0 Å². The van der Waals surface area contributed by atoms with Crippen LogP contribution in [0.25, 0.3) is 0 Å². The van der Waals surface area contributed by atoms with Crippen molar-refractivity contribution in [1.82, 2.24) is 10.2 Å². The number of benzene rings is 1. The number of nitrogens with zero attached hydrogens (tertiary/aromatic N) is 1. The number of hydrogen-bond acceptors (Lipinski definition) is 6. The number of carbonyl (C=O) groups is 1. The highest BCUT2D eigenvalue weighted by atomic mass is 19.3. The van der Waals surface area contributed by atoms with E-state index in [0.717, 1.165) is 18.4 Å². The lowest BCUT2D eigenvalue weighted by atomic mass is 10.0. The number of rotatable bonds is 8. The van der Waals surface area contributed by atoms with E-state index in [1.807, 2.05) is 4.90 Å². The molecule has 2 aliphatic heterocycles. The van der Waals surface area contributed by atoms with Gasteiger partial charge in [-0.3, -0.25) is 20.4 Å². The van der Waals surface area contributed by atoms with Gasteiger partial charge in [0.05, 0.1) is 24.1 Å². The molecule has 0 aliphatic carbocycles. The van der Waals surface area contributed by atoms with Crippen LogP contribution >= 0.6 is 0 Å². The smallest absolute Gasteiger partial charge is 0.387 e. The molecular formula is C18H23F2N3O4. The summed E-state index contributed by atoms with van der Waals surface area (Å²) in [6, 6.07) is 6.31. The molecule has 3 rings (SSSR count). The summed E-state index contributed by atoms with van der Waals surface area (Å²) in [4.78, 5) is 19.5. The maximum Gasteiger partial charge on any atom is 0.387 e. The minimum Gasteiger partial charge on any atom is -0.500 e. The van der Waals surface area contributed by atoms with Gasteiger partial charge in [-0.05, 0) is 37.1 Å². The van der Waals surface area contributed by atoms with Crippen molar-refractivity contribution in [1.29, 1.82) is 0 Å². The number of carbonyl (C=O) groups excluding carboxylic acids is 1. The molecule has 1 amide bonds. The van der Waals surface area contributed by atoms with E-state index in [1.54, 1.807) is 18.4 Å². The third kappa shape index (κ3) is 5.80. The fourth-order valence-corrected chi connectivity index (χ4v) is 3.02. The average Bonchev–Trinajstić information content (AvgIpc) is 3.21. The number of halogens is 2. The summed E-state index contributed by atoms with van der Waals surface area (Å²) in [5.74, 6) is 0.165. The standard InChI is InChI=1S/C18H23F2N3O4/c19-18(20)27-16-3-1-15(2-4-16)22-26-12-21-14-5-8-23(9-6-14)17(24)13-7-10-25-11-13/h1-4,11,14,18,21-22H,5-10,12H2. The Bertz CT molecular complexity index is 647. The summed E-state index contributed by atoms with van der Waals surface area (Å²) in [5, 5.41) is 3.27. The predicted octanol–water partition coefficient (Wildman–Crippen LogP) is 2.47. The van der Waals surface area contributed by atoms with Crippen LogP contribution in [0.5, 0.6) is 5.75 Å². The van der Waals surface area contributed by atoms with Gasteiger partial charge in [0, 0.05) is 25.6 Å². The fraction of sp³-hybridized carbons (Fsp3) is 0.500. The Morgan fingerprint density at radius 1 is 1.26 bits per heavy atom. The van der Waals surface area contributed by atoms with Crippen molar-refractivity contribution in [3.63, 3.8) is 0 Å². The molecule has 0 spiro atoms. The Balaban J connectivity index is 1.31. The zero-order chi connectivity index (χ0) is 19.1. The monoisotopic (exact) mass is 383 g/mol. The van der Waals surface area contributed by atoms with E-state index in [4.69, 9.17) is 9.57 Å². The van der Waals surface area contributed by atoms with Gasteiger partial charge in [0.25, 0.3) is 5.91 Å². The second kappa shape index (κ2) is 9.52. The Labute approximate surface area is 156 Å². The number of amides is 1. The van der Waals surface area contributed by atoms with Crippen LogP contribution in [-0.4, -0.2) is 49.9 Å². The van der Waals surface area contributed by atoms with Crippen molar-refractivity contribution < 1.29 is 27.9 Å². The second-order valence-electron chi connectivity index (χ2n) is 6.33. The van der Waals surface area contributed by atoms with Gasteiger partial charge in [-0.15, -0.1) is 0 Å². The van der Waals surface area contributed by atoms with Gasteiger partial charge in [-0.2, -0.15) is 8.78 Å². The van der Waals surface area contributed by atoms with Crippen LogP contribution in [0.3, 0.4) is 0 Å². The first-order valence-electron chi connectivity index (χ1n) is 8.88. The average molecular weight is 383 g/mol. The zero-order valence-electron chi connectivity index (χ0n) is 14.8. The lowest BCUT2D eigenvalue weighted by Gasteiger charge is -2.32. The minimum absolute atomic E-state index is 0.0723. The molecule has 0 saturated carbocycles. The number of alkyl halides is 2. The number of piperidine rings is 1. The van der Waals surface area contributed by atoms with Gasteiger partial charge < -0.3 is 14.4 Å². The summed E-state index contributed by atoms with van der Waals surface area (Å²) >= 11 is 0. The summed E-state index contributed by atoms with van der Waals surface area (Å²) < 4.78 is 33.6. The highest BCUT2D eigenvalue weighted by Gasteiger charge is 2.26. The lowest BCUT2D eigenvalue weighted by molar-refractivity contribution is -0.128. The number of nitrogens with one attached hydrogen (secondary N) is 2. The molecule has 1 saturated heterocycles. The molecule has 1 aromatic rings. The first kappa shape index (κ1) is 19.4. The Hall–Kier alpha value is -2.39. The zero-order valence-corrected chi connectivity index (χ0v) is 14.8. The van der Waals surface area contributed by atoms with Crippen molar-refractivity contribution >= 4 is 11.6 Å². The Kier molecular flexibility index (Phi) is 6.83. The first-order valence-corrected chi connectivity index (χ1v) is 8.88. The molecule has 27 heavy (non-hydrogen) atoms. The van der Waals surface area contributed by atoms with E-state index in [2.05, 4.69) is 15.5 Å². The largest absolute Gasteiger partial charge is 0.500 e. The summed E-state index contributed by atoms with van der Waals surface area (Å²) in [5.41, 5.74) is 4.12. The van der Waals surface area contributed by atoms with E-state index < -0.39 is 6.61 Å². The summed E-state index contributed by atoms with van der Waals surface area (Å²) in [6.45, 7) is -0.563. The number of ether oxygens (including phenoxy) is 2. The van der Waals surface area contributed by atoms with Crippen LogP contribution < -0.4 is 15.5 Å². The van der Waals surface area contributed by atoms with Gasteiger partial charge >= 0.3 is 6.61 Å². The molecule has 0 unspecified atom stereocenters. The third-order valence-corrected chi connectivity index (χ3v) is 4.49. The maximum absolute atomic E-state index is 12.3. The highest BCUT2D eigenvalue weighted by Crippen LogP contribution is 2.19. The van der Waals surface area contributed by atoms with Crippen LogP contribution in [0.15, 0.2) is 36.1 Å². The van der Waals surface area contributed by atoms with Crippen LogP contribution in [-0.2, 0) is 14.4 Å². The molecule has 2 heterocycles. The molecule has 0 atom stereocenters. The van der Waals surface area contributed by atoms with Crippen molar-refractivity contribution in [3.8, 4) is 5.75 Å². The SMILES string of the molecule is O=C(C1=COCC1)N1CCC(NCONc2ccc(OC(F)F)cc2)CC1. The van der Waals surface area contributed by atoms with Crippen LogP contribution in [0.4, 0.5) is 14.5 Å². The quantitative estimate of drug-likeness (QED) is 0.408. The summed E-state index contributed by atoms with van der Waals surface area (Å²) in [7, 11) is 0. The van der Waals surface area contributed by atoms with Gasteiger partial charge in [0.1, 0.15) is 12.5 Å². The minimum atomic E-state index is -2.84. The molecule has 9 heteroatoms. The molecule has 148 valence electrons. The summed E-state index contributed by atoms with van der Waals surface area (Å²) in [6.07, 6.45) is 3.95. The van der Waals surface area contributed by atoms with Crippen molar-refractivity contribution in [2.45, 2.75) is 31.9 Å². The molecule has 1 fully saturated rings. The van der Waals surface area contributed by atoms with Gasteiger partial charge in [0.2, 0.25) is 0 Å². The molecule has 2 aliphatic rings. The van der Waals surface area contributed by atoms with Gasteiger partial charge in [-0.1, -0.05) is 0 Å². The number of likely N-dealkylation sites (tertiary alicyclic amines) is 1.